The van der Waals surface area contributed by atoms with E-state index < -0.39 is 13.9 Å². The number of hydrogen-bond donors (Lipinski definition) is 2. The van der Waals surface area contributed by atoms with Crippen LogP contribution in [0.1, 0.15) is 12.7 Å². The molecule has 3 aromatic heterocycles. The fourth-order valence-corrected chi connectivity index (χ4v) is 4.21. The molecule has 0 fully saturated rings. The monoisotopic (exact) mass is 434 g/mol. The molecule has 2 aromatic carbocycles. The molecule has 0 spiro atoms. The molecule has 3 heterocycles. The molecule has 31 heavy (non-hydrogen) atoms. The highest BCUT2D eigenvalue weighted by molar-refractivity contribution is 7.50. The second-order valence-electron chi connectivity index (χ2n) is 7.19. The van der Waals surface area contributed by atoms with Gasteiger partial charge < -0.3 is 14.4 Å². The molecule has 156 valence electrons. The molecule has 2 N–H and O–H groups in total. The topological polar surface area (TPSA) is 118 Å². The van der Waals surface area contributed by atoms with Crippen molar-refractivity contribution in [1.82, 2.24) is 29.1 Å². The van der Waals surface area contributed by atoms with E-state index in [1.807, 2.05) is 49.4 Å². The summed E-state index contributed by atoms with van der Waals surface area (Å²) in [6, 6.07) is 18.0. The minimum Gasteiger partial charge on any atom is -0.323 e. The zero-order valence-electron chi connectivity index (χ0n) is 16.6. The highest BCUT2D eigenvalue weighted by Gasteiger charge is 2.21. The first-order chi connectivity index (χ1) is 14.9. The summed E-state index contributed by atoms with van der Waals surface area (Å²) in [7, 11) is -4.30. The lowest BCUT2D eigenvalue weighted by atomic mass is 10.0. The summed E-state index contributed by atoms with van der Waals surface area (Å²) in [4.78, 5) is 32.3. The van der Waals surface area contributed by atoms with Crippen molar-refractivity contribution in [2.45, 2.75) is 19.6 Å². The predicted molar refractivity (Wildman–Crippen MR) is 116 cm³/mol. The van der Waals surface area contributed by atoms with Gasteiger partial charge in [-0.25, -0.2) is 15.0 Å². The summed E-state index contributed by atoms with van der Waals surface area (Å²) in [5.74, 6) is 1.18. The number of nitrogens with zero attached hydrogens (tertiary/aromatic N) is 6. The normalized spacial score (nSPS) is 12.1. The number of rotatable bonds is 5. The van der Waals surface area contributed by atoms with Crippen molar-refractivity contribution in [3.8, 4) is 22.5 Å². The average molecular weight is 434 g/mol. The van der Waals surface area contributed by atoms with Gasteiger partial charge in [-0.3, -0.25) is 4.57 Å². The number of aromatic nitrogens is 6. The molecule has 0 aliphatic rings. The Bertz CT molecular complexity index is 1440. The van der Waals surface area contributed by atoms with Crippen LogP contribution in [0.5, 0.6) is 0 Å². The Hall–Kier alpha value is -3.39. The van der Waals surface area contributed by atoms with Crippen LogP contribution in [0.2, 0.25) is 0 Å². The van der Waals surface area contributed by atoms with Crippen LogP contribution < -0.4 is 0 Å². The van der Waals surface area contributed by atoms with Crippen molar-refractivity contribution < 1.29 is 14.4 Å². The van der Waals surface area contributed by atoms with Gasteiger partial charge in [-0.2, -0.15) is 4.52 Å². The van der Waals surface area contributed by atoms with E-state index in [4.69, 9.17) is 0 Å². The number of fused-ring (bicyclic) bond motifs is 3. The zero-order chi connectivity index (χ0) is 21.6. The Kier molecular flexibility index (Phi) is 4.66. The van der Waals surface area contributed by atoms with Gasteiger partial charge in [-0.05, 0) is 11.1 Å². The maximum atomic E-state index is 11.6. The number of aryl methyl sites for hydroxylation is 1. The maximum absolute atomic E-state index is 11.6. The van der Waals surface area contributed by atoms with Crippen molar-refractivity contribution in [1.29, 1.82) is 0 Å². The molecule has 0 radical (unpaired) electrons. The van der Waals surface area contributed by atoms with E-state index in [2.05, 4.69) is 32.2 Å². The molecule has 0 bridgehead atoms. The molecule has 0 saturated carbocycles. The highest BCUT2D eigenvalue weighted by Crippen LogP contribution is 2.38. The molecule has 0 aliphatic carbocycles. The smallest absolute Gasteiger partial charge is 0.323 e. The summed E-state index contributed by atoms with van der Waals surface area (Å²) in [5.41, 5.74) is 4.34. The number of hydrogen-bond acceptors (Lipinski definition) is 5. The minimum absolute atomic E-state index is 0.385. The second kappa shape index (κ2) is 7.39. The lowest BCUT2D eigenvalue weighted by Gasteiger charge is -2.07. The third kappa shape index (κ3) is 3.63. The Labute approximate surface area is 177 Å². The van der Waals surface area contributed by atoms with E-state index in [0.717, 1.165) is 16.7 Å². The van der Waals surface area contributed by atoms with Gasteiger partial charge >= 0.3 is 7.60 Å². The molecule has 5 rings (SSSR count). The summed E-state index contributed by atoms with van der Waals surface area (Å²) in [6.07, 6.45) is 1.48. The molecular formula is C21H19N6O3P. The first kappa shape index (κ1) is 19.6. The molecule has 0 unspecified atom stereocenters. The van der Waals surface area contributed by atoms with E-state index in [-0.39, 0.29) is 0 Å². The summed E-state index contributed by atoms with van der Waals surface area (Å²) in [5, 5.41) is 4.63. The van der Waals surface area contributed by atoms with Crippen LogP contribution in [0.4, 0.5) is 0 Å². The van der Waals surface area contributed by atoms with Gasteiger partial charge in [0.05, 0.1) is 6.33 Å². The number of imidazole rings is 1. The van der Waals surface area contributed by atoms with Gasteiger partial charge in [0.15, 0.2) is 17.1 Å². The standard InChI is InChI=1S/C21H19N6O3P/c1-2-17-23-20-18(26(12-22-20)13-31(28,29)30)21-24-19(25-27(17)21)16-10-8-15(9-11-16)14-6-4-3-5-7-14/h3-12H,2,13H2,1H3,(H2,28,29,30). The Morgan fingerprint density at radius 3 is 2.29 bits per heavy atom. The summed E-state index contributed by atoms with van der Waals surface area (Å²) >= 11 is 0. The van der Waals surface area contributed by atoms with Gasteiger partial charge in [0.1, 0.15) is 17.6 Å². The molecule has 0 amide bonds. The first-order valence-electron chi connectivity index (χ1n) is 9.74. The Morgan fingerprint density at radius 2 is 1.61 bits per heavy atom. The van der Waals surface area contributed by atoms with Crippen LogP contribution in [0.15, 0.2) is 60.9 Å². The lowest BCUT2D eigenvalue weighted by Crippen LogP contribution is -2.04. The van der Waals surface area contributed by atoms with E-state index in [1.54, 1.807) is 4.52 Å². The van der Waals surface area contributed by atoms with E-state index in [0.29, 0.717) is 34.9 Å². The highest BCUT2D eigenvalue weighted by atomic mass is 31.2. The number of benzene rings is 2. The SMILES string of the molecule is CCc1nc2ncn(CP(=O)(O)O)c2c2nc(-c3ccc(-c4ccccc4)cc3)nn12. The van der Waals surface area contributed by atoms with Crippen LogP contribution in [0, 0.1) is 0 Å². The minimum atomic E-state index is -4.30. The third-order valence-corrected chi connectivity index (χ3v) is 5.69. The molecule has 10 heteroatoms. The maximum Gasteiger partial charge on any atom is 0.345 e. The Morgan fingerprint density at radius 1 is 0.935 bits per heavy atom. The van der Waals surface area contributed by atoms with Crippen molar-refractivity contribution in [3.05, 3.63) is 66.7 Å². The van der Waals surface area contributed by atoms with Crippen molar-refractivity contribution in [2.75, 3.05) is 0 Å². The lowest BCUT2D eigenvalue weighted by molar-refractivity contribution is 0.363. The van der Waals surface area contributed by atoms with Crippen molar-refractivity contribution in [3.63, 3.8) is 0 Å². The summed E-state index contributed by atoms with van der Waals surface area (Å²) < 4.78 is 14.6. The molecule has 5 aromatic rings. The van der Waals surface area contributed by atoms with E-state index >= 15 is 0 Å². The van der Waals surface area contributed by atoms with Gasteiger partial charge in [0, 0.05) is 12.0 Å². The fraction of sp³-hybridized carbons (Fsp3) is 0.143. The van der Waals surface area contributed by atoms with Crippen LogP contribution in [0.25, 0.3) is 39.3 Å². The van der Waals surface area contributed by atoms with Crippen molar-refractivity contribution >= 4 is 24.4 Å². The van der Waals surface area contributed by atoms with Gasteiger partial charge in [-0.15, -0.1) is 5.10 Å². The third-order valence-electron chi connectivity index (χ3n) is 5.02. The molecule has 0 saturated heterocycles. The first-order valence-corrected chi connectivity index (χ1v) is 11.5. The van der Waals surface area contributed by atoms with E-state index in [1.165, 1.54) is 10.9 Å². The predicted octanol–water partition coefficient (Wildman–Crippen LogP) is 3.51. The molecular weight excluding hydrogens is 415 g/mol. The molecule has 0 atom stereocenters. The van der Waals surface area contributed by atoms with Crippen LogP contribution in [0.3, 0.4) is 0 Å². The second-order valence-corrected chi connectivity index (χ2v) is 8.80. The van der Waals surface area contributed by atoms with Crippen LogP contribution >= 0.6 is 7.60 Å². The quantitative estimate of drug-likeness (QED) is 0.406. The largest absolute Gasteiger partial charge is 0.345 e. The molecule has 0 aliphatic heterocycles. The zero-order valence-corrected chi connectivity index (χ0v) is 17.5. The van der Waals surface area contributed by atoms with Gasteiger partial charge in [-0.1, -0.05) is 61.5 Å². The van der Waals surface area contributed by atoms with Crippen LogP contribution in [-0.2, 0) is 17.3 Å². The fourth-order valence-electron chi connectivity index (χ4n) is 3.60. The average Bonchev–Trinajstić information content (AvgIpc) is 3.37. The Balaban J connectivity index is 1.64. The van der Waals surface area contributed by atoms with Crippen molar-refractivity contribution in [2.24, 2.45) is 0 Å². The van der Waals surface area contributed by atoms with Gasteiger partial charge in [0.25, 0.3) is 0 Å². The summed E-state index contributed by atoms with van der Waals surface area (Å²) in [6.45, 7) is 1.95. The molecule has 9 nitrogen and oxygen atoms in total. The van der Waals surface area contributed by atoms with E-state index in [9.17, 15) is 14.4 Å². The van der Waals surface area contributed by atoms with Gasteiger partial charge in [0.2, 0.25) is 0 Å². The van der Waals surface area contributed by atoms with Crippen LogP contribution in [-0.4, -0.2) is 38.9 Å².